The number of halogens is 1. The molecule has 66 valence electrons. The molecule has 0 saturated carbocycles. The summed E-state index contributed by atoms with van der Waals surface area (Å²) in [5, 5.41) is 0.681. The van der Waals surface area contributed by atoms with Crippen LogP contribution in [-0.4, -0.2) is 4.98 Å². The van der Waals surface area contributed by atoms with Gasteiger partial charge >= 0.3 is 0 Å². The van der Waals surface area contributed by atoms with Crippen LogP contribution in [-0.2, 0) is 6.42 Å². The molecule has 0 aliphatic rings. The second kappa shape index (κ2) is 3.76. The molecule has 0 saturated heterocycles. The number of rotatable bonds is 2. The number of hydrogen-bond donors (Lipinski definition) is 1. The number of nitrogen functional groups attached to an aromatic ring is 1. The number of nitrogens with zero attached hydrogens (tertiary/aromatic N) is 1. The summed E-state index contributed by atoms with van der Waals surface area (Å²) in [6.07, 6.45) is 1.97. The van der Waals surface area contributed by atoms with Crippen molar-refractivity contribution in [3.8, 4) is 0 Å². The van der Waals surface area contributed by atoms with E-state index in [1.165, 1.54) is 0 Å². The third kappa shape index (κ3) is 1.89. The van der Waals surface area contributed by atoms with E-state index in [9.17, 15) is 0 Å². The third-order valence-electron chi connectivity index (χ3n) is 1.77. The molecule has 0 atom stereocenters. The average molecular weight is 185 g/mol. The predicted octanol–water partition coefficient (Wildman–Crippen LogP) is 2.58. The standard InChI is InChI=1S/C9H13ClN2/c1-3-4-9-7(10)5-8(11)6(2)12-9/h5H,3-4,11H2,1-2H3. The second-order valence-corrected chi connectivity index (χ2v) is 3.25. The van der Waals surface area contributed by atoms with Crippen LogP contribution in [0.15, 0.2) is 6.07 Å². The van der Waals surface area contributed by atoms with Crippen LogP contribution < -0.4 is 5.73 Å². The van der Waals surface area contributed by atoms with Crippen LogP contribution in [0.2, 0.25) is 5.02 Å². The topological polar surface area (TPSA) is 38.9 Å². The van der Waals surface area contributed by atoms with Gasteiger partial charge in [-0.2, -0.15) is 0 Å². The fraction of sp³-hybridized carbons (Fsp3) is 0.444. The van der Waals surface area contributed by atoms with Crippen LogP contribution in [0.1, 0.15) is 24.7 Å². The van der Waals surface area contributed by atoms with Crippen molar-refractivity contribution in [2.24, 2.45) is 0 Å². The fourth-order valence-electron chi connectivity index (χ4n) is 1.06. The van der Waals surface area contributed by atoms with Crippen molar-refractivity contribution < 1.29 is 0 Å². The van der Waals surface area contributed by atoms with E-state index in [4.69, 9.17) is 17.3 Å². The van der Waals surface area contributed by atoms with Crippen LogP contribution in [0.3, 0.4) is 0 Å². The van der Waals surface area contributed by atoms with Gasteiger partial charge in [0, 0.05) is 0 Å². The normalized spacial score (nSPS) is 10.2. The van der Waals surface area contributed by atoms with Gasteiger partial charge in [-0.25, -0.2) is 0 Å². The minimum Gasteiger partial charge on any atom is -0.397 e. The lowest BCUT2D eigenvalue weighted by Crippen LogP contribution is -1.98. The van der Waals surface area contributed by atoms with E-state index >= 15 is 0 Å². The number of hydrogen-bond acceptors (Lipinski definition) is 2. The van der Waals surface area contributed by atoms with Crippen molar-refractivity contribution in [2.45, 2.75) is 26.7 Å². The van der Waals surface area contributed by atoms with Crippen LogP contribution in [0.25, 0.3) is 0 Å². The van der Waals surface area contributed by atoms with Gasteiger partial charge in [0.1, 0.15) is 0 Å². The molecule has 0 unspecified atom stereocenters. The van der Waals surface area contributed by atoms with Gasteiger partial charge in [0.2, 0.25) is 0 Å². The number of aryl methyl sites for hydroxylation is 2. The molecule has 1 aromatic heterocycles. The maximum atomic E-state index is 5.94. The molecule has 0 fully saturated rings. The summed E-state index contributed by atoms with van der Waals surface area (Å²) >= 11 is 5.94. The zero-order valence-electron chi connectivity index (χ0n) is 7.39. The summed E-state index contributed by atoms with van der Waals surface area (Å²) in [6.45, 7) is 3.99. The first-order valence-corrected chi connectivity index (χ1v) is 4.44. The highest BCUT2D eigenvalue weighted by molar-refractivity contribution is 6.31. The Labute approximate surface area is 77.8 Å². The Balaban J connectivity index is 3.05. The van der Waals surface area contributed by atoms with Gasteiger partial charge < -0.3 is 5.73 Å². The molecule has 0 aliphatic carbocycles. The fourth-order valence-corrected chi connectivity index (χ4v) is 1.31. The van der Waals surface area contributed by atoms with Crippen LogP contribution in [0, 0.1) is 6.92 Å². The van der Waals surface area contributed by atoms with Crippen LogP contribution in [0.4, 0.5) is 5.69 Å². The first kappa shape index (κ1) is 9.33. The zero-order chi connectivity index (χ0) is 9.14. The number of aromatic nitrogens is 1. The molecule has 0 spiro atoms. The highest BCUT2D eigenvalue weighted by Crippen LogP contribution is 2.20. The Bertz CT molecular complexity index is 284. The van der Waals surface area contributed by atoms with Gasteiger partial charge in [-0.1, -0.05) is 24.9 Å². The monoisotopic (exact) mass is 184 g/mol. The molecule has 2 N–H and O–H groups in total. The Morgan fingerprint density at radius 3 is 2.83 bits per heavy atom. The van der Waals surface area contributed by atoms with Gasteiger partial charge in [-0.05, 0) is 19.4 Å². The van der Waals surface area contributed by atoms with Gasteiger partial charge in [0.05, 0.1) is 22.1 Å². The Kier molecular flexibility index (Phi) is 2.93. The summed E-state index contributed by atoms with van der Waals surface area (Å²) in [6, 6.07) is 1.77. The molecule has 1 aromatic rings. The van der Waals surface area contributed by atoms with Crippen molar-refractivity contribution >= 4 is 17.3 Å². The molecule has 3 heteroatoms. The maximum Gasteiger partial charge on any atom is 0.0642 e. The Hall–Kier alpha value is -0.760. The quantitative estimate of drug-likeness (QED) is 0.768. The zero-order valence-corrected chi connectivity index (χ0v) is 8.15. The molecule has 2 nitrogen and oxygen atoms in total. The molecular weight excluding hydrogens is 172 g/mol. The maximum absolute atomic E-state index is 5.94. The van der Waals surface area contributed by atoms with Gasteiger partial charge in [-0.3, -0.25) is 4.98 Å². The predicted molar refractivity (Wildman–Crippen MR) is 52.4 cm³/mol. The number of pyridine rings is 1. The van der Waals surface area contributed by atoms with E-state index < -0.39 is 0 Å². The SMILES string of the molecule is CCCc1nc(C)c(N)cc1Cl. The molecule has 1 rings (SSSR count). The van der Waals surface area contributed by atoms with E-state index in [1.807, 2.05) is 6.92 Å². The van der Waals surface area contributed by atoms with E-state index in [2.05, 4.69) is 11.9 Å². The molecule has 0 bridgehead atoms. The van der Waals surface area contributed by atoms with E-state index in [-0.39, 0.29) is 0 Å². The van der Waals surface area contributed by atoms with Crippen LogP contribution in [0.5, 0.6) is 0 Å². The first-order valence-electron chi connectivity index (χ1n) is 4.06. The van der Waals surface area contributed by atoms with Crippen molar-refractivity contribution in [2.75, 3.05) is 5.73 Å². The Morgan fingerprint density at radius 2 is 2.25 bits per heavy atom. The number of nitrogens with two attached hydrogens (primary N) is 1. The van der Waals surface area contributed by atoms with Crippen molar-refractivity contribution in [3.05, 3.63) is 22.5 Å². The minimum absolute atomic E-state index is 0.667. The lowest BCUT2D eigenvalue weighted by molar-refractivity contribution is 0.875. The van der Waals surface area contributed by atoms with Crippen molar-refractivity contribution in [3.63, 3.8) is 0 Å². The molecule has 0 radical (unpaired) electrons. The molecule has 0 aromatic carbocycles. The molecule has 0 amide bonds. The Morgan fingerprint density at radius 1 is 1.58 bits per heavy atom. The van der Waals surface area contributed by atoms with Gasteiger partial charge in [0.25, 0.3) is 0 Å². The summed E-state index contributed by atoms with van der Waals surface area (Å²) < 4.78 is 0. The summed E-state index contributed by atoms with van der Waals surface area (Å²) in [4.78, 5) is 4.31. The highest BCUT2D eigenvalue weighted by atomic mass is 35.5. The van der Waals surface area contributed by atoms with Gasteiger partial charge in [-0.15, -0.1) is 0 Å². The third-order valence-corrected chi connectivity index (χ3v) is 2.09. The molecule has 0 aliphatic heterocycles. The van der Waals surface area contributed by atoms with Crippen LogP contribution >= 0.6 is 11.6 Å². The van der Waals surface area contributed by atoms with E-state index in [0.29, 0.717) is 10.7 Å². The minimum atomic E-state index is 0.667. The summed E-state index contributed by atoms with van der Waals surface area (Å²) in [7, 11) is 0. The molecule has 1 heterocycles. The molecule has 12 heavy (non-hydrogen) atoms. The highest BCUT2D eigenvalue weighted by Gasteiger charge is 2.03. The van der Waals surface area contributed by atoms with Gasteiger partial charge in [0.15, 0.2) is 0 Å². The summed E-state index contributed by atoms with van der Waals surface area (Å²) in [5.74, 6) is 0. The largest absolute Gasteiger partial charge is 0.397 e. The van der Waals surface area contributed by atoms with E-state index in [1.54, 1.807) is 6.07 Å². The van der Waals surface area contributed by atoms with Crippen molar-refractivity contribution in [1.82, 2.24) is 4.98 Å². The second-order valence-electron chi connectivity index (χ2n) is 2.84. The first-order chi connectivity index (χ1) is 5.65. The lowest BCUT2D eigenvalue weighted by Gasteiger charge is -2.05. The molecular formula is C9H13ClN2. The smallest absolute Gasteiger partial charge is 0.0642 e. The average Bonchev–Trinajstić information content (AvgIpc) is 2.01. The number of anilines is 1. The lowest BCUT2D eigenvalue weighted by atomic mass is 10.2. The summed E-state index contributed by atoms with van der Waals surface area (Å²) in [5.41, 5.74) is 8.12. The van der Waals surface area contributed by atoms with E-state index in [0.717, 1.165) is 24.2 Å². The van der Waals surface area contributed by atoms with Crippen molar-refractivity contribution in [1.29, 1.82) is 0 Å².